The summed E-state index contributed by atoms with van der Waals surface area (Å²) in [4.78, 5) is 12.5. The number of hydrogen-bond acceptors (Lipinski definition) is 4. The lowest BCUT2D eigenvalue weighted by Gasteiger charge is -2.41. The molecule has 22 heavy (non-hydrogen) atoms. The van der Waals surface area contributed by atoms with Crippen LogP contribution in [0.3, 0.4) is 0 Å². The number of carbonyl (C=O) groups excluding carboxylic acids is 1. The van der Waals surface area contributed by atoms with Crippen LogP contribution in [-0.4, -0.2) is 25.7 Å². The maximum atomic E-state index is 12.5. The number of rotatable bonds is 2. The van der Waals surface area contributed by atoms with Crippen molar-refractivity contribution in [3.05, 3.63) is 41.1 Å². The van der Waals surface area contributed by atoms with Crippen molar-refractivity contribution in [3.63, 3.8) is 0 Å². The lowest BCUT2D eigenvalue weighted by atomic mass is 9.64. The molecule has 1 spiro atoms. The molecular weight excluding hydrogens is 276 g/mol. The molecule has 0 unspecified atom stereocenters. The molecule has 2 heterocycles. The van der Waals surface area contributed by atoms with E-state index in [1.54, 1.807) is 0 Å². The Morgan fingerprint density at radius 3 is 3.00 bits per heavy atom. The Bertz CT molecular complexity index is 667. The Labute approximate surface area is 130 Å². The number of methoxy groups -OCH3 is 1. The van der Waals surface area contributed by atoms with E-state index in [0.29, 0.717) is 6.04 Å². The monoisotopic (exact) mass is 298 g/mol. The van der Waals surface area contributed by atoms with E-state index in [4.69, 9.17) is 4.74 Å². The average Bonchev–Trinajstić information content (AvgIpc) is 3.12. The molecule has 4 heteroatoms. The van der Waals surface area contributed by atoms with E-state index in [-0.39, 0.29) is 17.3 Å². The molecule has 3 atom stereocenters. The maximum absolute atomic E-state index is 12.5. The zero-order chi connectivity index (χ0) is 15.3. The fraction of sp³-hybridized carbons (Fsp3) is 0.500. The van der Waals surface area contributed by atoms with Gasteiger partial charge in [0.25, 0.3) is 0 Å². The number of anilines is 1. The van der Waals surface area contributed by atoms with E-state index in [1.165, 1.54) is 12.7 Å². The summed E-state index contributed by atoms with van der Waals surface area (Å²) in [6, 6.07) is 8.86. The van der Waals surface area contributed by atoms with Crippen LogP contribution in [0.4, 0.5) is 5.69 Å². The molecule has 1 aromatic carbocycles. The topological polar surface area (TPSA) is 50.4 Å². The second kappa shape index (κ2) is 4.85. The van der Waals surface area contributed by atoms with Gasteiger partial charge in [0.2, 0.25) is 0 Å². The van der Waals surface area contributed by atoms with E-state index >= 15 is 0 Å². The summed E-state index contributed by atoms with van der Waals surface area (Å²) in [7, 11) is 1.48. The van der Waals surface area contributed by atoms with Crippen molar-refractivity contribution in [2.24, 2.45) is 5.92 Å². The predicted octanol–water partition coefficient (Wildman–Crippen LogP) is 2.57. The van der Waals surface area contributed by atoms with Crippen LogP contribution in [0.2, 0.25) is 0 Å². The molecule has 1 aromatic rings. The third-order valence-corrected chi connectivity index (χ3v) is 5.71. The minimum Gasteiger partial charge on any atom is -0.466 e. The molecule has 0 saturated carbocycles. The summed E-state index contributed by atoms with van der Waals surface area (Å²) in [5.74, 6) is 0.0832. The zero-order valence-corrected chi connectivity index (χ0v) is 13.1. The quantitative estimate of drug-likeness (QED) is 0.824. The van der Waals surface area contributed by atoms with Crippen molar-refractivity contribution < 1.29 is 9.53 Å². The number of para-hydroxylation sites is 1. The van der Waals surface area contributed by atoms with Crippen LogP contribution in [0.5, 0.6) is 0 Å². The van der Waals surface area contributed by atoms with Gasteiger partial charge in [0.05, 0.1) is 18.1 Å². The predicted molar refractivity (Wildman–Crippen MR) is 85.6 cm³/mol. The fourth-order valence-corrected chi connectivity index (χ4v) is 4.72. The summed E-state index contributed by atoms with van der Waals surface area (Å²) in [5, 5.41) is 7.24. The number of benzene rings is 1. The molecule has 3 aliphatic rings. The first-order valence-corrected chi connectivity index (χ1v) is 8.15. The third kappa shape index (κ3) is 1.59. The van der Waals surface area contributed by atoms with Crippen molar-refractivity contribution in [2.75, 3.05) is 19.0 Å². The van der Waals surface area contributed by atoms with Crippen molar-refractivity contribution in [2.45, 2.75) is 37.6 Å². The molecule has 1 fully saturated rings. The molecule has 4 rings (SSSR count). The van der Waals surface area contributed by atoms with Crippen LogP contribution in [-0.2, 0) is 14.9 Å². The van der Waals surface area contributed by atoms with E-state index < -0.39 is 0 Å². The number of carbonyl (C=O) groups is 1. The SMILES string of the molecule is CC[C@@H]1C[C@@H]2NCC[C@]23C(=C1C(=O)OC)Nc1ccccc13. The second-order valence-electron chi connectivity index (χ2n) is 6.52. The second-order valence-corrected chi connectivity index (χ2v) is 6.52. The van der Waals surface area contributed by atoms with Crippen molar-refractivity contribution in [3.8, 4) is 0 Å². The normalized spacial score (nSPS) is 32.1. The summed E-state index contributed by atoms with van der Waals surface area (Å²) in [6.45, 7) is 3.15. The first kappa shape index (κ1) is 13.8. The average molecular weight is 298 g/mol. The van der Waals surface area contributed by atoms with Gasteiger partial charge in [-0.3, -0.25) is 0 Å². The first-order chi connectivity index (χ1) is 10.7. The highest BCUT2D eigenvalue weighted by atomic mass is 16.5. The minimum atomic E-state index is -0.174. The highest BCUT2D eigenvalue weighted by Crippen LogP contribution is 2.56. The Balaban J connectivity index is 1.97. The van der Waals surface area contributed by atoms with Gasteiger partial charge in [0, 0.05) is 17.4 Å². The number of ether oxygens (including phenoxy) is 1. The van der Waals surface area contributed by atoms with Crippen LogP contribution in [0.1, 0.15) is 31.7 Å². The summed E-state index contributed by atoms with van der Waals surface area (Å²) in [5.41, 5.74) is 4.35. The molecule has 0 aromatic heterocycles. The number of hydrogen-bond donors (Lipinski definition) is 2. The molecule has 2 aliphatic heterocycles. The van der Waals surface area contributed by atoms with Gasteiger partial charge in [0.15, 0.2) is 0 Å². The van der Waals surface area contributed by atoms with Gasteiger partial charge in [0.1, 0.15) is 0 Å². The smallest absolute Gasteiger partial charge is 0.335 e. The number of fused-ring (bicyclic) bond motifs is 1. The van der Waals surface area contributed by atoms with Gasteiger partial charge in [-0.1, -0.05) is 25.1 Å². The molecular formula is C18H22N2O2. The first-order valence-electron chi connectivity index (χ1n) is 8.15. The van der Waals surface area contributed by atoms with Crippen molar-refractivity contribution in [1.29, 1.82) is 0 Å². The maximum Gasteiger partial charge on any atom is 0.335 e. The molecule has 0 bridgehead atoms. The number of esters is 1. The Morgan fingerprint density at radius 1 is 1.41 bits per heavy atom. The minimum absolute atomic E-state index is 0.0776. The van der Waals surface area contributed by atoms with Gasteiger partial charge in [-0.15, -0.1) is 0 Å². The van der Waals surface area contributed by atoms with Crippen LogP contribution in [0, 0.1) is 5.92 Å². The van der Waals surface area contributed by atoms with E-state index in [2.05, 4.69) is 35.8 Å². The Hall–Kier alpha value is -1.81. The van der Waals surface area contributed by atoms with Crippen molar-refractivity contribution >= 4 is 11.7 Å². The fourth-order valence-electron chi connectivity index (χ4n) is 4.72. The van der Waals surface area contributed by atoms with Crippen molar-refractivity contribution in [1.82, 2.24) is 5.32 Å². The van der Waals surface area contributed by atoms with Gasteiger partial charge in [-0.2, -0.15) is 0 Å². The summed E-state index contributed by atoms with van der Waals surface area (Å²) >= 11 is 0. The Kier molecular flexibility index (Phi) is 3.05. The van der Waals surface area contributed by atoms with Gasteiger partial charge in [-0.25, -0.2) is 4.79 Å². The lowest BCUT2D eigenvalue weighted by molar-refractivity contribution is -0.137. The zero-order valence-electron chi connectivity index (χ0n) is 13.1. The molecule has 0 radical (unpaired) electrons. The van der Waals surface area contributed by atoms with Crippen LogP contribution in [0.15, 0.2) is 35.5 Å². The Morgan fingerprint density at radius 2 is 2.23 bits per heavy atom. The summed E-state index contributed by atoms with van der Waals surface area (Å²) in [6.07, 6.45) is 2.99. The number of nitrogens with one attached hydrogen (secondary N) is 2. The summed E-state index contributed by atoms with van der Waals surface area (Å²) < 4.78 is 5.12. The molecule has 1 aliphatic carbocycles. The lowest BCUT2D eigenvalue weighted by Crippen LogP contribution is -2.47. The molecule has 4 nitrogen and oxygen atoms in total. The highest BCUT2D eigenvalue weighted by molar-refractivity contribution is 5.93. The van der Waals surface area contributed by atoms with Gasteiger partial charge < -0.3 is 15.4 Å². The van der Waals surface area contributed by atoms with E-state index in [0.717, 1.165) is 42.8 Å². The largest absolute Gasteiger partial charge is 0.466 e. The highest BCUT2D eigenvalue weighted by Gasteiger charge is 2.57. The molecule has 116 valence electrons. The molecule has 1 saturated heterocycles. The standard InChI is InChI=1S/C18H22N2O2/c1-3-11-10-14-18(8-9-19-14)12-6-4-5-7-13(12)20-16(18)15(11)17(21)22-2/h4-7,11,14,19-20H,3,8-10H2,1-2H3/t11-,14+,18-/m1/s1. The van der Waals surface area contributed by atoms with E-state index in [1.807, 2.05) is 6.07 Å². The third-order valence-electron chi connectivity index (χ3n) is 5.71. The molecule has 0 amide bonds. The van der Waals surface area contributed by atoms with Gasteiger partial charge in [-0.05, 0) is 43.4 Å². The van der Waals surface area contributed by atoms with Crippen LogP contribution >= 0.6 is 0 Å². The van der Waals surface area contributed by atoms with Crippen LogP contribution < -0.4 is 10.6 Å². The van der Waals surface area contributed by atoms with Crippen LogP contribution in [0.25, 0.3) is 0 Å². The van der Waals surface area contributed by atoms with Gasteiger partial charge >= 0.3 is 5.97 Å². The molecule has 2 N–H and O–H groups in total. The van der Waals surface area contributed by atoms with E-state index in [9.17, 15) is 4.79 Å².